The molecule has 2 heteroatoms. The average Bonchev–Trinajstić information content (AvgIpc) is 2.52. The zero-order valence-corrected chi connectivity index (χ0v) is 10.7. The van der Waals surface area contributed by atoms with E-state index in [9.17, 15) is 0 Å². The van der Waals surface area contributed by atoms with Crippen LogP contribution in [0.5, 0.6) is 0 Å². The van der Waals surface area contributed by atoms with Gasteiger partial charge in [0.25, 0.3) is 0 Å². The van der Waals surface area contributed by atoms with Crippen LogP contribution < -0.4 is 10.6 Å². The third kappa shape index (κ3) is 1.71. The molecule has 1 aliphatic rings. The highest BCUT2D eigenvalue weighted by atomic mass is 15.2. The van der Waals surface area contributed by atoms with Crippen molar-refractivity contribution >= 4 is 5.69 Å². The Morgan fingerprint density at radius 1 is 1.31 bits per heavy atom. The fraction of sp³-hybridized carbons (Fsp3) is 0.571. The molecule has 0 aromatic heterocycles. The first-order chi connectivity index (χ1) is 7.52. The standard InChI is InChI=1S/C14H22N2/c1-9(2)16-10(3)8-12-6-5-7-13(11(4)15)14(12)16/h5-7,9-11H,8,15H2,1-4H3. The largest absolute Gasteiger partial charge is 0.366 e. The Balaban J connectivity index is 2.53. The number of hydrogen-bond donors (Lipinski definition) is 1. The molecule has 1 aromatic carbocycles. The number of nitrogens with zero attached hydrogens (tertiary/aromatic N) is 1. The molecule has 2 atom stereocenters. The van der Waals surface area contributed by atoms with E-state index in [0.29, 0.717) is 12.1 Å². The SMILES string of the molecule is CC(N)c1cccc2c1N(C(C)C)C(C)C2. The molecule has 1 aliphatic heterocycles. The lowest BCUT2D eigenvalue weighted by atomic mass is 10.0. The van der Waals surface area contributed by atoms with E-state index < -0.39 is 0 Å². The molecule has 1 aromatic rings. The molecule has 0 saturated carbocycles. The minimum absolute atomic E-state index is 0.112. The lowest BCUT2D eigenvalue weighted by Gasteiger charge is -2.31. The van der Waals surface area contributed by atoms with Crippen LogP contribution in [0, 0.1) is 0 Å². The van der Waals surface area contributed by atoms with Gasteiger partial charge in [-0.05, 0) is 45.2 Å². The molecule has 0 aliphatic carbocycles. The molecule has 88 valence electrons. The Morgan fingerprint density at radius 2 is 2.00 bits per heavy atom. The van der Waals surface area contributed by atoms with E-state index in [1.165, 1.54) is 16.8 Å². The molecular formula is C14H22N2. The van der Waals surface area contributed by atoms with Crippen LogP contribution in [0.4, 0.5) is 5.69 Å². The second kappa shape index (κ2) is 4.10. The van der Waals surface area contributed by atoms with Gasteiger partial charge in [-0.25, -0.2) is 0 Å². The summed E-state index contributed by atoms with van der Waals surface area (Å²) in [5.74, 6) is 0. The molecule has 0 amide bonds. The van der Waals surface area contributed by atoms with Crippen LogP contribution in [0.2, 0.25) is 0 Å². The fourth-order valence-corrected chi connectivity index (χ4v) is 2.86. The Morgan fingerprint density at radius 3 is 2.56 bits per heavy atom. The summed E-state index contributed by atoms with van der Waals surface area (Å²) in [6.45, 7) is 8.87. The first-order valence-corrected chi connectivity index (χ1v) is 6.18. The van der Waals surface area contributed by atoms with Gasteiger partial charge in [-0.2, -0.15) is 0 Å². The molecule has 0 saturated heterocycles. The van der Waals surface area contributed by atoms with Crippen LogP contribution in [-0.2, 0) is 6.42 Å². The second-order valence-corrected chi connectivity index (χ2v) is 5.20. The quantitative estimate of drug-likeness (QED) is 0.827. The highest BCUT2D eigenvalue weighted by Crippen LogP contribution is 2.38. The predicted octanol–water partition coefficient (Wildman–Crippen LogP) is 2.87. The molecule has 0 spiro atoms. The van der Waals surface area contributed by atoms with Crippen LogP contribution >= 0.6 is 0 Å². The summed E-state index contributed by atoms with van der Waals surface area (Å²) in [5, 5.41) is 0. The van der Waals surface area contributed by atoms with Gasteiger partial charge in [-0.3, -0.25) is 0 Å². The van der Waals surface area contributed by atoms with Crippen LogP contribution in [0.3, 0.4) is 0 Å². The number of para-hydroxylation sites is 1. The zero-order chi connectivity index (χ0) is 11.9. The van der Waals surface area contributed by atoms with E-state index >= 15 is 0 Å². The minimum atomic E-state index is 0.112. The van der Waals surface area contributed by atoms with Gasteiger partial charge in [0.15, 0.2) is 0 Å². The van der Waals surface area contributed by atoms with E-state index in [1.54, 1.807) is 0 Å². The number of nitrogens with two attached hydrogens (primary N) is 1. The molecule has 0 fully saturated rings. The molecule has 0 radical (unpaired) electrons. The van der Waals surface area contributed by atoms with Crippen LogP contribution in [0.1, 0.15) is 44.9 Å². The lowest BCUT2D eigenvalue weighted by molar-refractivity contribution is 0.602. The van der Waals surface area contributed by atoms with E-state index in [2.05, 4.69) is 50.8 Å². The molecule has 16 heavy (non-hydrogen) atoms. The molecule has 1 heterocycles. The summed E-state index contributed by atoms with van der Waals surface area (Å²) >= 11 is 0. The van der Waals surface area contributed by atoms with Gasteiger partial charge in [-0.1, -0.05) is 18.2 Å². The maximum Gasteiger partial charge on any atom is 0.0452 e. The predicted molar refractivity (Wildman–Crippen MR) is 69.8 cm³/mol. The lowest BCUT2D eigenvalue weighted by Crippen LogP contribution is -2.36. The second-order valence-electron chi connectivity index (χ2n) is 5.20. The average molecular weight is 218 g/mol. The van der Waals surface area contributed by atoms with Crippen molar-refractivity contribution in [3.05, 3.63) is 29.3 Å². The van der Waals surface area contributed by atoms with Gasteiger partial charge < -0.3 is 10.6 Å². The summed E-state index contributed by atoms with van der Waals surface area (Å²) in [4.78, 5) is 2.51. The fourth-order valence-electron chi connectivity index (χ4n) is 2.86. The molecule has 2 nitrogen and oxygen atoms in total. The van der Waals surface area contributed by atoms with Crippen LogP contribution in [0.15, 0.2) is 18.2 Å². The number of benzene rings is 1. The monoisotopic (exact) mass is 218 g/mol. The number of rotatable bonds is 2. The third-order valence-electron chi connectivity index (χ3n) is 3.45. The number of fused-ring (bicyclic) bond motifs is 1. The van der Waals surface area contributed by atoms with Gasteiger partial charge in [0.2, 0.25) is 0 Å². The van der Waals surface area contributed by atoms with E-state index in [4.69, 9.17) is 5.73 Å². The van der Waals surface area contributed by atoms with Gasteiger partial charge in [0.05, 0.1) is 0 Å². The first kappa shape index (κ1) is 11.5. The van der Waals surface area contributed by atoms with Gasteiger partial charge in [0, 0.05) is 23.8 Å². The van der Waals surface area contributed by atoms with Crippen molar-refractivity contribution in [1.29, 1.82) is 0 Å². The van der Waals surface area contributed by atoms with Gasteiger partial charge >= 0.3 is 0 Å². The first-order valence-electron chi connectivity index (χ1n) is 6.18. The number of anilines is 1. The van der Waals surface area contributed by atoms with Crippen molar-refractivity contribution in [2.24, 2.45) is 5.73 Å². The van der Waals surface area contributed by atoms with E-state index in [0.717, 1.165) is 6.42 Å². The van der Waals surface area contributed by atoms with Crippen LogP contribution in [-0.4, -0.2) is 12.1 Å². The van der Waals surface area contributed by atoms with Crippen molar-refractivity contribution in [1.82, 2.24) is 0 Å². The molecule has 2 N–H and O–H groups in total. The summed E-state index contributed by atoms with van der Waals surface area (Å²) in [6.07, 6.45) is 1.15. The van der Waals surface area contributed by atoms with E-state index in [-0.39, 0.29) is 6.04 Å². The maximum absolute atomic E-state index is 6.07. The van der Waals surface area contributed by atoms with Gasteiger partial charge in [-0.15, -0.1) is 0 Å². The third-order valence-corrected chi connectivity index (χ3v) is 3.45. The van der Waals surface area contributed by atoms with Gasteiger partial charge in [0.1, 0.15) is 0 Å². The Kier molecular flexibility index (Phi) is 2.94. The van der Waals surface area contributed by atoms with Crippen molar-refractivity contribution in [2.45, 2.75) is 52.2 Å². The molecule has 2 unspecified atom stereocenters. The van der Waals surface area contributed by atoms with Crippen molar-refractivity contribution in [2.75, 3.05) is 4.90 Å². The normalized spacial score (nSPS) is 21.4. The number of hydrogen-bond acceptors (Lipinski definition) is 2. The molecule has 2 rings (SSSR count). The van der Waals surface area contributed by atoms with E-state index in [1.807, 2.05) is 0 Å². The maximum atomic E-state index is 6.07. The van der Waals surface area contributed by atoms with Crippen molar-refractivity contribution in [3.63, 3.8) is 0 Å². The van der Waals surface area contributed by atoms with Crippen molar-refractivity contribution < 1.29 is 0 Å². The smallest absolute Gasteiger partial charge is 0.0452 e. The highest BCUT2D eigenvalue weighted by molar-refractivity contribution is 5.65. The topological polar surface area (TPSA) is 29.3 Å². The minimum Gasteiger partial charge on any atom is -0.366 e. The Hall–Kier alpha value is -1.02. The summed E-state index contributed by atoms with van der Waals surface area (Å²) in [6, 6.07) is 7.78. The summed E-state index contributed by atoms with van der Waals surface area (Å²) < 4.78 is 0. The Labute approximate surface area is 98.4 Å². The van der Waals surface area contributed by atoms with Crippen LogP contribution in [0.25, 0.3) is 0 Å². The Bertz CT molecular complexity index is 382. The molecular weight excluding hydrogens is 196 g/mol. The summed E-state index contributed by atoms with van der Waals surface area (Å²) in [5.41, 5.74) is 10.2. The molecule has 0 bridgehead atoms. The zero-order valence-electron chi connectivity index (χ0n) is 10.7. The highest BCUT2D eigenvalue weighted by Gasteiger charge is 2.30. The summed E-state index contributed by atoms with van der Waals surface area (Å²) in [7, 11) is 0. The van der Waals surface area contributed by atoms with Crippen molar-refractivity contribution in [3.8, 4) is 0 Å².